The molecule has 118 valence electrons. The molecule has 2 unspecified atom stereocenters. The Hall–Kier alpha value is -0.0800. The van der Waals surface area contributed by atoms with Crippen LogP contribution in [0.25, 0.3) is 0 Å². The van der Waals surface area contributed by atoms with Crippen LogP contribution in [0.5, 0.6) is 0 Å². The fraction of sp³-hybridized carbons (Fsp3) is 1.00. The fourth-order valence-corrected chi connectivity index (χ4v) is 3.89. The summed E-state index contributed by atoms with van der Waals surface area (Å²) in [7, 11) is 2.37. The van der Waals surface area contributed by atoms with Gasteiger partial charge in [-0.25, -0.2) is 0 Å². The molecule has 0 spiro atoms. The summed E-state index contributed by atoms with van der Waals surface area (Å²) < 4.78 is 0. The van der Waals surface area contributed by atoms with Crippen molar-refractivity contribution in [2.75, 3.05) is 20.1 Å². The van der Waals surface area contributed by atoms with Crippen LogP contribution in [0.1, 0.15) is 72.1 Å². The van der Waals surface area contributed by atoms with Crippen molar-refractivity contribution in [3.05, 3.63) is 0 Å². The van der Waals surface area contributed by atoms with Crippen molar-refractivity contribution in [1.29, 1.82) is 0 Å². The van der Waals surface area contributed by atoms with Gasteiger partial charge in [0.2, 0.25) is 0 Å². The smallest absolute Gasteiger partial charge is 0.00949 e. The van der Waals surface area contributed by atoms with E-state index in [1.807, 2.05) is 0 Å². The van der Waals surface area contributed by atoms with Gasteiger partial charge in [-0.2, -0.15) is 0 Å². The van der Waals surface area contributed by atoms with Crippen LogP contribution in [0.2, 0.25) is 0 Å². The lowest BCUT2D eigenvalue weighted by Crippen LogP contribution is -2.47. The van der Waals surface area contributed by atoms with Crippen molar-refractivity contribution in [2.24, 2.45) is 11.3 Å². The standard InChI is InChI=1S/C18H36N2/c1-5-18(6-2,13-19-16-10-11-16)14-20(4)17-9-7-8-15(3)12-17/h15-17,19H,5-14H2,1-4H3. The van der Waals surface area contributed by atoms with Crippen LogP contribution in [-0.2, 0) is 0 Å². The van der Waals surface area contributed by atoms with Crippen LogP contribution >= 0.6 is 0 Å². The van der Waals surface area contributed by atoms with E-state index in [9.17, 15) is 0 Å². The first kappa shape index (κ1) is 16.3. The molecule has 2 aliphatic rings. The Balaban J connectivity index is 1.87. The van der Waals surface area contributed by atoms with Crippen LogP contribution in [0.15, 0.2) is 0 Å². The molecule has 2 atom stereocenters. The van der Waals surface area contributed by atoms with E-state index in [1.165, 1.54) is 64.5 Å². The van der Waals surface area contributed by atoms with Crippen molar-refractivity contribution in [1.82, 2.24) is 10.2 Å². The second-order valence-corrected chi connectivity index (χ2v) is 7.70. The van der Waals surface area contributed by atoms with E-state index in [1.54, 1.807) is 0 Å². The van der Waals surface area contributed by atoms with Crippen molar-refractivity contribution in [3.8, 4) is 0 Å². The van der Waals surface area contributed by atoms with Crippen molar-refractivity contribution < 1.29 is 0 Å². The van der Waals surface area contributed by atoms with Crippen LogP contribution < -0.4 is 5.32 Å². The Kier molecular flexibility index (Phi) is 5.92. The van der Waals surface area contributed by atoms with Crippen LogP contribution in [0, 0.1) is 11.3 Å². The number of nitrogens with zero attached hydrogens (tertiary/aromatic N) is 1. The van der Waals surface area contributed by atoms with E-state index >= 15 is 0 Å². The van der Waals surface area contributed by atoms with Gasteiger partial charge in [-0.1, -0.05) is 33.6 Å². The summed E-state index contributed by atoms with van der Waals surface area (Å²) in [5.41, 5.74) is 0.484. The third kappa shape index (κ3) is 4.46. The Bertz CT molecular complexity index is 281. The summed E-state index contributed by atoms with van der Waals surface area (Å²) >= 11 is 0. The fourth-order valence-electron chi connectivity index (χ4n) is 3.89. The number of nitrogens with one attached hydrogen (secondary N) is 1. The molecular weight excluding hydrogens is 244 g/mol. The quantitative estimate of drug-likeness (QED) is 0.721. The van der Waals surface area contributed by atoms with Gasteiger partial charge in [0, 0.05) is 25.2 Å². The summed E-state index contributed by atoms with van der Waals surface area (Å²) in [4.78, 5) is 2.69. The Morgan fingerprint density at radius 2 is 1.80 bits per heavy atom. The zero-order valence-electron chi connectivity index (χ0n) is 14.3. The summed E-state index contributed by atoms with van der Waals surface area (Å²) in [6.07, 6.45) is 11.1. The first-order chi connectivity index (χ1) is 9.58. The van der Waals surface area contributed by atoms with Gasteiger partial charge < -0.3 is 10.2 Å². The molecule has 0 amide bonds. The zero-order valence-corrected chi connectivity index (χ0v) is 14.3. The number of rotatable bonds is 8. The molecule has 0 radical (unpaired) electrons. The molecule has 2 heteroatoms. The van der Waals surface area contributed by atoms with Gasteiger partial charge in [-0.15, -0.1) is 0 Å². The first-order valence-electron chi connectivity index (χ1n) is 9.02. The van der Waals surface area contributed by atoms with Crippen molar-refractivity contribution in [3.63, 3.8) is 0 Å². The largest absolute Gasteiger partial charge is 0.313 e. The lowest BCUT2D eigenvalue weighted by molar-refractivity contribution is 0.0916. The summed E-state index contributed by atoms with van der Waals surface area (Å²) in [6.45, 7) is 9.70. The van der Waals surface area contributed by atoms with Crippen LogP contribution in [0.3, 0.4) is 0 Å². The second-order valence-electron chi connectivity index (χ2n) is 7.70. The van der Waals surface area contributed by atoms with Gasteiger partial charge >= 0.3 is 0 Å². The maximum Gasteiger partial charge on any atom is 0.00949 e. The summed E-state index contributed by atoms with van der Waals surface area (Å²) in [6, 6.07) is 1.67. The molecule has 2 nitrogen and oxygen atoms in total. The Labute approximate surface area is 126 Å². The molecule has 1 N–H and O–H groups in total. The lowest BCUT2D eigenvalue weighted by atomic mass is 9.80. The molecule has 2 fully saturated rings. The molecule has 2 aliphatic carbocycles. The molecule has 0 heterocycles. The minimum atomic E-state index is 0.484. The topological polar surface area (TPSA) is 15.3 Å². The van der Waals surface area contributed by atoms with E-state index in [0.29, 0.717) is 5.41 Å². The van der Waals surface area contributed by atoms with Gasteiger partial charge in [0.25, 0.3) is 0 Å². The normalized spacial score (nSPS) is 28.1. The minimum absolute atomic E-state index is 0.484. The average Bonchev–Trinajstić information content (AvgIpc) is 3.27. The minimum Gasteiger partial charge on any atom is -0.313 e. The van der Waals surface area contributed by atoms with E-state index in [0.717, 1.165) is 18.0 Å². The maximum absolute atomic E-state index is 3.79. The molecule has 0 aliphatic heterocycles. The van der Waals surface area contributed by atoms with E-state index in [2.05, 4.69) is 38.0 Å². The van der Waals surface area contributed by atoms with Gasteiger partial charge in [-0.3, -0.25) is 0 Å². The monoisotopic (exact) mass is 280 g/mol. The number of hydrogen-bond donors (Lipinski definition) is 1. The molecule has 2 saturated carbocycles. The third-order valence-corrected chi connectivity index (χ3v) is 5.96. The summed E-state index contributed by atoms with van der Waals surface area (Å²) in [5, 5.41) is 3.79. The first-order valence-corrected chi connectivity index (χ1v) is 9.02. The molecule has 0 bridgehead atoms. The SMILES string of the molecule is CCC(CC)(CNC1CC1)CN(C)C1CCCC(C)C1. The molecule has 0 aromatic rings. The van der Waals surface area contributed by atoms with Gasteiger partial charge in [0.05, 0.1) is 0 Å². The predicted octanol–water partition coefficient (Wildman–Crippen LogP) is 4.06. The third-order valence-electron chi connectivity index (χ3n) is 5.96. The predicted molar refractivity (Wildman–Crippen MR) is 88.1 cm³/mol. The zero-order chi connectivity index (χ0) is 14.6. The van der Waals surface area contributed by atoms with E-state index in [4.69, 9.17) is 0 Å². The Morgan fingerprint density at radius 1 is 1.10 bits per heavy atom. The van der Waals surface area contributed by atoms with Gasteiger partial charge in [0.1, 0.15) is 0 Å². The molecule has 0 aromatic heterocycles. The maximum atomic E-state index is 3.79. The molecule has 0 aromatic carbocycles. The highest BCUT2D eigenvalue weighted by molar-refractivity contribution is 4.89. The highest BCUT2D eigenvalue weighted by Gasteiger charge is 2.33. The van der Waals surface area contributed by atoms with Crippen molar-refractivity contribution >= 4 is 0 Å². The highest BCUT2D eigenvalue weighted by atomic mass is 15.1. The molecule has 20 heavy (non-hydrogen) atoms. The highest BCUT2D eigenvalue weighted by Crippen LogP contribution is 2.32. The lowest BCUT2D eigenvalue weighted by Gasteiger charge is -2.41. The molecule has 2 rings (SSSR count). The average molecular weight is 280 g/mol. The second kappa shape index (κ2) is 7.26. The van der Waals surface area contributed by atoms with Gasteiger partial charge in [0.15, 0.2) is 0 Å². The van der Waals surface area contributed by atoms with E-state index < -0.39 is 0 Å². The van der Waals surface area contributed by atoms with Gasteiger partial charge in [-0.05, 0) is 56.9 Å². The molecule has 0 saturated heterocycles. The van der Waals surface area contributed by atoms with Crippen LogP contribution in [-0.4, -0.2) is 37.1 Å². The van der Waals surface area contributed by atoms with Crippen molar-refractivity contribution in [2.45, 2.75) is 84.2 Å². The summed E-state index contributed by atoms with van der Waals surface area (Å²) in [5.74, 6) is 0.929. The van der Waals surface area contributed by atoms with Crippen LogP contribution in [0.4, 0.5) is 0 Å². The molecular formula is C18H36N2. The Morgan fingerprint density at radius 3 is 2.35 bits per heavy atom. The van der Waals surface area contributed by atoms with E-state index in [-0.39, 0.29) is 0 Å². The number of hydrogen-bond acceptors (Lipinski definition) is 2.